The minimum absolute atomic E-state index is 0.326. The van der Waals surface area contributed by atoms with Gasteiger partial charge >= 0.3 is 5.97 Å². The Balaban J connectivity index is 1.61. The van der Waals surface area contributed by atoms with E-state index in [-0.39, 0.29) is 0 Å². The third kappa shape index (κ3) is 2.84. The SMILES string of the molecule is O=C(O)CCC1CCN(C2CCCc3sccc32)C1. The van der Waals surface area contributed by atoms with Gasteiger partial charge in [0.15, 0.2) is 0 Å². The first kappa shape index (κ1) is 13.1. The van der Waals surface area contributed by atoms with Crippen LogP contribution in [0, 0.1) is 5.92 Å². The highest BCUT2D eigenvalue weighted by Crippen LogP contribution is 2.39. The zero-order chi connectivity index (χ0) is 13.2. The lowest BCUT2D eigenvalue weighted by atomic mass is 9.93. The van der Waals surface area contributed by atoms with Crippen LogP contribution >= 0.6 is 11.3 Å². The molecule has 0 amide bonds. The van der Waals surface area contributed by atoms with E-state index in [0.29, 0.717) is 18.4 Å². The van der Waals surface area contributed by atoms with Crippen LogP contribution in [-0.4, -0.2) is 29.1 Å². The molecular weight excluding hydrogens is 258 g/mol. The van der Waals surface area contributed by atoms with Gasteiger partial charge in [0.1, 0.15) is 0 Å². The van der Waals surface area contributed by atoms with Gasteiger partial charge in [0.25, 0.3) is 0 Å². The Bertz CT molecular complexity index is 457. The Labute approximate surface area is 118 Å². The predicted molar refractivity (Wildman–Crippen MR) is 76.5 cm³/mol. The first-order valence-corrected chi connectivity index (χ1v) is 8.14. The molecule has 104 valence electrons. The van der Waals surface area contributed by atoms with E-state index in [1.165, 1.54) is 25.7 Å². The van der Waals surface area contributed by atoms with Gasteiger partial charge in [0.2, 0.25) is 0 Å². The van der Waals surface area contributed by atoms with E-state index in [2.05, 4.69) is 16.3 Å². The molecule has 1 saturated heterocycles. The number of rotatable bonds is 4. The zero-order valence-corrected chi connectivity index (χ0v) is 12.0. The van der Waals surface area contributed by atoms with Crippen molar-refractivity contribution < 1.29 is 9.90 Å². The summed E-state index contributed by atoms with van der Waals surface area (Å²) in [7, 11) is 0. The molecule has 0 spiro atoms. The number of fused-ring (bicyclic) bond motifs is 1. The summed E-state index contributed by atoms with van der Waals surface area (Å²) in [5.74, 6) is -0.0728. The van der Waals surface area contributed by atoms with Gasteiger partial charge in [-0.05, 0) is 61.6 Å². The van der Waals surface area contributed by atoms with Crippen molar-refractivity contribution in [3.8, 4) is 0 Å². The summed E-state index contributed by atoms with van der Waals surface area (Å²) in [6.07, 6.45) is 6.16. The van der Waals surface area contributed by atoms with Gasteiger partial charge in [-0.1, -0.05) is 0 Å². The number of aryl methyl sites for hydroxylation is 1. The molecule has 0 bridgehead atoms. The summed E-state index contributed by atoms with van der Waals surface area (Å²) in [5, 5.41) is 11.0. The standard InChI is InChI=1S/C15H21NO2S/c17-15(18)5-4-11-6-8-16(10-11)13-2-1-3-14-12(13)7-9-19-14/h7,9,11,13H,1-6,8,10H2,(H,17,18). The highest BCUT2D eigenvalue weighted by molar-refractivity contribution is 7.10. The van der Waals surface area contributed by atoms with Gasteiger partial charge in [-0.15, -0.1) is 11.3 Å². The fourth-order valence-corrected chi connectivity index (χ4v) is 4.53. The molecule has 1 N–H and O–H groups in total. The number of likely N-dealkylation sites (tertiary alicyclic amines) is 1. The fraction of sp³-hybridized carbons (Fsp3) is 0.667. The molecule has 1 aliphatic heterocycles. The topological polar surface area (TPSA) is 40.5 Å². The molecule has 0 aromatic carbocycles. The second kappa shape index (κ2) is 5.63. The first-order valence-electron chi connectivity index (χ1n) is 7.26. The number of thiophene rings is 1. The van der Waals surface area contributed by atoms with Crippen molar-refractivity contribution in [2.75, 3.05) is 13.1 Å². The third-order valence-corrected chi connectivity index (χ3v) is 5.54. The average Bonchev–Trinajstić information content (AvgIpc) is 3.04. The van der Waals surface area contributed by atoms with Crippen LogP contribution in [0.3, 0.4) is 0 Å². The Hall–Kier alpha value is -0.870. The highest BCUT2D eigenvalue weighted by Gasteiger charge is 2.32. The molecule has 1 aliphatic carbocycles. The molecule has 19 heavy (non-hydrogen) atoms. The first-order chi connectivity index (χ1) is 9.24. The van der Waals surface area contributed by atoms with Crippen molar-refractivity contribution in [2.24, 2.45) is 5.92 Å². The lowest BCUT2D eigenvalue weighted by Gasteiger charge is -2.31. The van der Waals surface area contributed by atoms with Crippen LogP contribution in [0.15, 0.2) is 11.4 Å². The maximum Gasteiger partial charge on any atom is 0.303 e. The van der Waals surface area contributed by atoms with E-state index in [1.54, 1.807) is 10.4 Å². The lowest BCUT2D eigenvalue weighted by molar-refractivity contribution is -0.137. The predicted octanol–water partition coefficient (Wildman–Crippen LogP) is 3.31. The van der Waals surface area contributed by atoms with E-state index in [1.807, 2.05) is 11.3 Å². The monoisotopic (exact) mass is 279 g/mol. The lowest BCUT2D eigenvalue weighted by Crippen LogP contribution is -2.28. The number of nitrogens with zero attached hydrogens (tertiary/aromatic N) is 1. The molecule has 2 aliphatic rings. The average molecular weight is 279 g/mol. The van der Waals surface area contributed by atoms with Crippen molar-refractivity contribution in [3.05, 3.63) is 21.9 Å². The molecule has 2 unspecified atom stereocenters. The van der Waals surface area contributed by atoms with E-state index in [9.17, 15) is 4.79 Å². The normalized spacial score (nSPS) is 27.4. The summed E-state index contributed by atoms with van der Waals surface area (Å²) in [5.41, 5.74) is 1.55. The van der Waals surface area contributed by atoms with Crippen LogP contribution in [0.2, 0.25) is 0 Å². The van der Waals surface area contributed by atoms with Gasteiger partial charge in [-0.25, -0.2) is 0 Å². The number of carbonyl (C=O) groups is 1. The van der Waals surface area contributed by atoms with Crippen LogP contribution in [0.5, 0.6) is 0 Å². The maximum atomic E-state index is 10.7. The smallest absolute Gasteiger partial charge is 0.303 e. The second-order valence-electron chi connectivity index (χ2n) is 5.79. The van der Waals surface area contributed by atoms with Crippen molar-refractivity contribution >= 4 is 17.3 Å². The van der Waals surface area contributed by atoms with Crippen LogP contribution in [0.25, 0.3) is 0 Å². The second-order valence-corrected chi connectivity index (χ2v) is 6.79. The molecular formula is C15H21NO2S. The maximum absolute atomic E-state index is 10.7. The Morgan fingerprint density at radius 2 is 2.37 bits per heavy atom. The van der Waals surface area contributed by atoms with Crippen LogP contribution < -0.4 is 0 Å². The number of aliphatic carboxylic acids is 1. The summed E-state index contributed by atoms with van der Waals surface area (Å²) in [4.78, 5) is 14.8. The highest BCUT2D eigenvalue weighted by atomic mass is 32.1. The third-order valence-electron chi connectivity index (χ3n) is 4.54. The van der Waals surface area contributed by atoms with Crippen molar-refractivity contribution in [1.29, 1.82) is 0 Å². The van der Waals surface area contributed by atoms with Gasteiger partial charge in [-0.3, -0.25) is 9.69 Å². The molecule has 1 fully saturated rings. The Morgan fingerprint density at radius 3 is 3.21 bits per heavy atom. The minimum atomic E-state index is -0.656. The molecule has 2 atom stereocenters. The number of hydrogen-bond acceptors (Lipinski definition) is 3. The van der Waals surface area contributed by atoms with Gasteiger partial charge in [-0.2, -0.15) is 0 Å². The largest absolute Gasteiger partial charge is 0.481 e. The number of carboxylic acid groups (broad SMARTS) is 1. The molecule has 3 rings (SSSR count). The van der Waals surface area contributed by atoms with Crippen molar-refractivity contribution in [1.82, 2.24) is 4.90 Å². The summed E-state index contributed by atoms with van der Waals surface area (Å²) in [6, 6.07) is 2.90. The summed E-state index contributed by atoms with van der Waals surface area (Å²) >= 11 is 1.90. The fourth-order valence-electron chi connectivity index (χ4n) is 3.55. The van der Waals surface area contributed by atoms with E-state index in [4.69, 9.17) is 5.11 Å². The zero-order valence-electron chi connectivity index (χ0n) is 11.2. The summed E-state index contributed by atoms with van der Waals surface area (Å²) < 4.78 is 0. The molecule has 0 radical (unpaired) electrons. The quantitative estimate of drug-likeness (QED) is 0.919. The van der Waals surface area contributed by atoms with E-state index < -0.39 is 5.97 Å². The Morgan fingerprint density at radius 1 is 1.47 bits per heavy atom. The summed E-state index contributed by atoms with van der Waals surface area (Å²) in [6.45, 7) is 2.23. The van der Waals surface area contributed by atoms with Crippen LogP contribution in [-0.2, 0) is 11.2 Å². The molecule has 2 heterocycles. The molecule has 3 nitrogen and oxygen atoms in total. The molecule has 1 aromatic heterocycles. The van der Waals surface area contributed by atoms with Crippen LogP contribution in [0.1, 0.15) is 48.6 Å². The van der Waals surface area contributed by atoms with Crippen molar-refractivity contribution in [3.63, 3.8) is 0 Å². The number of hydrogen-bond donors (Lipinski definition) is 1. The molecule has 4 heteroatoms. The van der Waals surface area contributed by atoms with Gasteiger partial charge < -0.3 is 5.11 Å². The van der Waals surface area contributed by atoms with E-state index in [0.717, 1.165) is 19.5 Å². The number of carboxylic acids is 1. The minimum Gasteiger partial charge on any atom is -0.481 e. The van der Waals surface area contributed by atoms with Crippen molar-refractivity contribution in [2.45, 2.75) is 44.6 Å². The molecule has 0 saturated carbocycles. The van der Waals surface area contributed by atoms with E-state index >= 15 is 0 Å². The Kier molecular flexibility index (Phi) is 3.89. The molecule has 1 aromatic rings. The van der Waals surface area contributed by atoms with Gasteiger partial charge in [0, 0.05) is 23.9 Å². The van der Waals surface area contributed by atoms with Gasteiger partial charge in [0.05, 0.1) is 0 Å². The van der Waals surface area contributed by atoms with Crippen LogP contribution in [0.4, 0.5) is 0 Å².